The number of rotatable bonds is 4. The van der Waals surface area contributed by atoms with Gasteiger partial charge in [0.25, 0.3) is 5.91 Å². The molecule has 19 heavy (non-hydrogen) atoms. The van der Waals surface area contributed by atoms with Crippen LogP contribution in [0.5, 0.6) is 0 Å². The number of carboxylic acid groups (broad SMARTS) is 1. The maximum Gasteiger partial charge on any atom is 0.354 e. The number of carbonyl (C=O) groups excluding carboxylic acids is 1. The summed E-state index contributed by atoms with van der Waals surface area (Å²) in [6.07, 6.45) is 7.43. The molecule has 1 aliphatic rings. The van der Waals surface area contributed by atoms with Crippen LogP contribution in [0.3, 0.4) is 0 Å². The molecule has 0 aromatic carbocycles. The van der Waals surface area contributed by atoms with Crippen molar-refractivity contribution in [1.82, 2.24) is 10.3 Å². The van der Waals surface area contributed by atoms with Crippen molar-refractivity contribution >= 4 is 11.9 Å². The van der Waals surface area contributed by atoms with E-state index >= 15 is 0 Å². The molecule has 0 saturated heterocycles. The van der Waals surface area contributed by atoms with E-state index in [1.165, 1.54) is 37.6 Å². The van der Waals surface area contributed by atoms with E-state index in [1.807, 2.05) is 0 Å². The Bertz CT molecular complexity index is 468. The zero-order chi connectivity index (χ0) is 13.7. The molecule has 1 aliphatic carbocycles. The molecule has 2 rings (SSSR count). The van der Waals surface area contributed by atoms with Crippen LogP contribution in [0.1, 0.15) is 53.0 Å². The van der Waals surface area contributed by atoms with Crippen LogP contribution in [0, 0.1) is 5.92 Å². The largest absolute Gasteiger partial charge is 0.477 e. The van der Waals surface area contributed by atoms with Crippen molar-refractivity contribution < 1.29 is 14.7 Å². The Kier molecular flexibility index (Phi) is 4.49. The minimum absolute atomic E-state index is 0.106. The van der Waals surface area contributed by atoms with Gasteiger partial charge in [-0.2, -0.15) is 0 Å². The fourth-order valence-corrected chi connectivity index (χ4v) is 2.42. The van der Waals surface area contributed by atoms with E-state index in [4.69, 9.17) is 5.11 Å². The lowest BCUT2D eigenvalue weighted by Gasteiger charge is -2.21. The van der Waals surface area contributed by atoms with Gasteiger partial charge in [-0.25, -0.2) is 9.78 Å². The Morgan fingerprint density at radius 1 is 1.32 bits per heavy atom. The number of amides is 1. The molecular weight excluding hydrogens is 244 g/mol. The van der Waals surface area contributed by atoms with Crippen molar-refractivity contribution in [2.75, 3.05) is 6.54 Å². The topological polar surface area (TPSA) is 79.3 Å². The van der Waals surface area contributed by atoms with Gasteiger partial charge in [0.1, 0.15) is 5.69 Å². The van der Waals surface area contributed by atoms with Crippen molar-refractivity contribution in [3.8, 4) is 0 Å². The summed E-state index contributed by atoms with van der Waals surface area (Å²) >= 11 is 0. The second-order valence-corrected chi connectivity index (χ2v) is 4.95. The zero-order valence-electron chi connectivity index (χ0n) is 10.8. The van der Waals surface area contributed by atoms with E-state index in [2.05, 4.69) is 10.3 Å². The van der Waals surface area contributed by atoms with Crippen LogP contribution < -0.4 is 5.32 Å². The van der Waals surface area contributed by atoms with E-state index in [0.29, 0.717) is 18.0 Å². The van der Waals surface area contributed by atoms with Crippen LogP contribution in [0.25, 0.3) is 0 Å². The number of hydrogen-bond acceptors (Lipinski definition) is 3. The molecule has 0 unspecified atom stereocenters. The minimum Gasteiger partial charge on any atom is -0.477 e. The van der Waals surface area contributed by atoms with Gasteiger partial charge in [-0.3, -0.25) is 4.79 Å². The first-order valence-electron chi connectivity index (χ1n) is 6.64. The summed E-state index contributed by atoms with van der Waals surface area (Å²) < 4.78 is 0. The third-order valence-corrected chi connectivity index (χ3v) is 3.52. The molecule has 0 bridgehead atoms. The standard InChI is InChI=1S/C14H18N2O3/c17-13(16-9-10-4-2-1-3-5-10)11-6-7-15-12(8-11)14(18)19/h6-8,10H,1-5,9H2,(H,16,17)(H,18,19). The Hall–Kier alpha value is -1.91. The summed E-state index contributed by atoms with van der Waals surface area (Å²) in [6, 6.07) is 2.83. The second-order valence-electron chi connectivity index (χ2n) is 4.95. The SMILES string of the molecule is O=C(NCC1CCCCC1)c1ccnc(C(=O)O)c1. The van der Waals surface area contributed by atoms with Crippen molar-refractivity contribution in [1.29, 1.82) is 0 Å². The van der Waals surface area contributed by atoms with Gasteiger partial charge >= 0.3 is 5.97 Å². The second kappa shape index (κ2) is 6.31. The predicted molar refractivity (Wildman–Crippen MR) is 70.1 cm³/mol. The Labute approximate surface area is 112 Å². The minimum atomic E-state index is -1.12. The van der Waals surface area contributed by atoms with Crippen molar-refractivity contribution in [3.63, 3.8) is 0 Å². The lowest BCUT2D eigenvalue weighted by atomic mass is 9.89. The lowest BCUT2D eigenvalue weighted by Crippen LogP contribution is -2.30. The van der Waals surface area contributed by atoms with Gasteiger partial charge in [-0.1, -0.05) is 19.3 Å². The monoisotopic (exact) mass is 262 g/mol. The molecule has 102 valence electrons. The first-order chi connectivity index (χ1) is 9.16. The summed E-state index contributed by atoms with van der Waals surface area (Å²) in [4.78, 5) is 26.4. The fraction of sp³-hybridized carbons (Fsp3) is 0.500. The average molecular weight is 262 g/mol. The molecule has 2 N–H and O–H groups in total. The highest BCUT2D eigenvalue weighted by molar-refractivity contribution is 5.96. The number of aromatic carboxylic acids is 1. The molecule has 5 nitrogen and oxygen atoms in total. The van der Waals surface area contributed by atoms with Gasteiger partial charge in [0.15, 0.2) is 0 Å². The highest BCUT2D eigenvalue weighted by atomic mass is 16.4. The lowest BCUT2D eigenvalue weighted by molar-refractivity contribution is 0.0690. The maximum atomic E-state index is 11.9. The van der Waals surface area contributed by atoms with Crippen LogP contribution in [0.15, 0.2) is 18.3 Å². The van der Waals surface area contributed by atoms with Crippen molar-refractivity contribution in [3.05, 3.63) is 29.6 Å². The quantitative estimate of drug-likeness (QED) is 0.870. The molecule has 1 saturated carbocycles. The van der Waals surface area contributed by atoms with E-state index in [-0.39, 0.29) is 11.6 Å². The van der Waals surface area contributed by atoms with E-state index in [0.717, 1.165) is 12.8 Å². The molecular formula is C14H18N2O3. The number of nitrogens with zero attached hydrogens (tertiary/aromatic N) is 1. The molecule has 1 amide bonds. The molecule has 1 fully saturated rings. The smallest absolute Gasteiger partial charge is 0.354 e. The van der Waals surface area contributed by atoms with Gasteiger partial charge in [-0.15, -0.1) is 0 Å². The van der Waals surface area contributed by atoms with Crippen LogP contribution in [0.2, 0.25) is 0 Å². The third kappa shape index (κ3) is 3.77. The fourth-order valence-electron chi connectivity index (χ4n) is 2.42. The average Bonchev–Trinajstić information content (AvgIpc) is 2.46. The van der Waals surface area contributed by atoms with Gasteiger partial charge in [0.2, 0.25) is 0 Å². The zero-order valence-corrected chi connectivity index (χ0v) is 10.8. The van der Waals surface area contributed by atoms with Crippen molar-refractivity contribution in [2.45, 2.75) is 32.1 Å². The normalized spacial score (nSPS) is 16.0. The summed E-state index contributed by atoms with van der Waals surface area (Å²) in [5, 5.41) is 11.7. The van der Waals surface area contributed by atoms with Crippen LogP contribution in [-0.4, -0.2) is 28.5 Å². The molecule has 1 heterocycles. The van der Waals surface area contributed by atoms with Crippen LogP contribution >= 0.6 is 0 Å². The number of aromatic nitrogens is 1. The molecule has 0 atom stereocenters. The molecule has 5 heteroatoms. The first kappa shape index (κ1) is 13.5. The third-order valence-electron chi connectivity index (χ3n) is 3.52. The summed E-state index contributed by atoms with van der Waals surface area (Å²) in [7, 11) is 0. The van der Waals surface area contributed by atoms with Gasteiger partial charge < -0.3 is 10.4 Å². The summed E-state index contributed by atoms with van der Waals surface area (Å²) in [5.41, 5.74) is 0.244. The Morgan fingerprint density at radius 3 is 2.74 bits per heavy atom. The molecule has 0 spiro atoms. The maximum absolute atomic E-state index is 11.9. The number of hydrogen-bond donors (Lipinski definition) is 2. The number of nitrogens with one attached hydrogen (secondary N) is 1. The number of carboxylic acids is 1. The summed E-state index contributed by atoms with van der Waals surface area (Å²) in [5.74, 6) is -0.795. The van der Waals surface area contributed by atoms with E-state index in [9.17, 15) is 9.59 Å². The van der Waals surface area contributed by atoms with Gasteiger partial charge in [0.05, 0.1) is 0 Å². The van der Waals surface area contributed by atoms with Gasteiger partial charge in [-0.05, 0) is 30.9 Å². The summed E-state index contributed by atoms with van der Waals surface area (Å²) in [6.45, 7) is 0.670. The van der Waals surface area contributed by atoms with Gasteiger partial charge in [0, 0.05) is 18.3 Å². The Balaban J connectivity index is 1.92. The molecule has 1 aromatic rings. The van der Waals surface area contributed by atoms with Crippen LogP contribution in [-0.2, 0) is 0 Å². The Morgan fingerprint density at radius 2 is 2.05 bits per heavy atom. The first-order valence-corrected chi connectivity index (χ1v) is 6.64. The number of carbonyl (C=O) groups is 2. The molecule has 0 radical (unpaired) electrons. The molecule has 1 aromatic heterocycles. The van der Waals surface area contributed by atoms with Crippen LogP contribution in [0.4, 0.5) is 0 Å². The predicted octanol–water partition coefficient (Wildman–Crippen LogP) is 2.09. The van der Waals surface area contributed by atoms with E-state index < -0.39 is 5.97 Å². The molecule has 0 aliphatic heterocycles. The highest BCUT2D eigenvalue weighted by Crippen LogP contribution is 2.22. The number of pyridine rings is 1. The highest BCUT2D eigenvalue weighted by Gasteiger charge is 2.15. The van der Waals surface area contributed by atoms with Crippen molar-refractivity contribution in [2.24, 2.45) is 5.92 Å². The van der Waals surface area contributed by atoms with E-state index in [1.54, 1.807) is 0 Å².